The van der Waals surface area contributed by atoms with Crippen molar-refractivity contribution in [2.24, 2.45) is 5.73 Å². The van der Waals surface area contributed by atoms with Gasteiger partial charge in [0.2, 0.25) is 0 Å². The number of carbonyl (C=O) groups excluding carboxylic acids is 2. The molecule has 1 saturated heterocycles. The van der Waals surface area contributed by atoms with Crippen molar-refractivity contribution in [3.8, 4) is 11.4 Å². The predicted octanol–water partition coefficient (Wildman–Crippen LogP) is 4.94. The first-order valence-electron chi connectivity index (χ1n) is 12.8. The Hall–Kier alpha value is -2.81. The van der Waals surface area contributed by atoms with Crippen LogP contribution in [0.2, 0.25) is 10.0 Å². The second-order valence-corrected chi connectivity index (χ2v) is 10.9. The summed E-state index contributed by atoms with van der Waals surface area (Å²) in [6.07, 6.45) is 4.29. The molecule has 3 aromatic rings. The second-order valence-electron chi connectivity index (χ2n) is 10.1. The van der Waals surface area contributed by atoms with Gasteiger partial charge in [-0.2, -0.15) is 0 Å². The number of halogens is 2. The number of urea groups is 1. The van der Waals surface area contributed by atoms with Crippen molar-refractivity contribution >= 4 is 46.2 Å². The molecular formula is C27H32Cl2N6O2. The Kier molecular flexibility index (Phi) is 7.60. The van der Waals surface area contributed by atoms with Gasteiger partial charge in [0.15, 0.2) is 0 Å². The van der Waals surface area contributed by atoms with Crippen molar-refractivity contribution in [2.75, 3.05) is 33.2 Å². The summed E-state index contributed by atoms with van der Waals surface area (Å²) in [5.74, 6) is 0.766. The van der Waals surface area contributed by atoms with E-state index in [9.17, 15) is 9.59 Å². The van der Waals surface area contributed by atoms with E-state index in [1.165, 1.54) is 0 Å². The number of benzene rings is 2. The Bertz CT molecular complexity index is 1320. The molecule has 1 aromatic heterocycles. The fraction of sp³-hybridized carbons (Fsp3) is 0.444. The first-order valence-corrected chi connectivity index (χ1v) is 13.6. The Morgan fingerprint density at radius 2 is 1.81 bits per heavy atom. The molecule has 0 atom stereocenters. The van der Waals surface area contributed by atoms with Crippen molar-refractivity contribution in [1.82, 2.24) is 24.7 Å². The van der Waals surface area contributed by atoms with Gasteiger partial charge in [-0.15, -0.1) is 0 Å². The lowest BCUT2D eigenvalue weighted by Crippen LogP contribution is -2.41. The van der Waals surface area contributed by atoms with Crippen molar-refractivity contribution in [2.45, 2.75) is 44.2 Å². The molecule has 3 N–H and O–H groups in total. The summed E-state index contributed by atoms with van der Waals surface area (Å²) in [6, 6.07) is 11.1. The lowest BCUT2D eigenvalue weighted by atomic mass is 9.90. The Balaban J connectivity index is 1.52. The fourth-order valence-electron chi connectivity index (χ4n) is 5.58. The van der Waals surface area contributed by atoms with E-state index in [2.05, 4.69) is 21.8 Å². The highest BCUT2D eigenvalue weighted by Crippen LogP contribution is 2.40. The van der Waals surface area contributed by atoms with Crippen LogP contribution in [-0.4, -0.2) is 70.6 Å². The summed E-state index contributed by atoms with van der Waals surface area (Å²) in [7, 11) is 2.09. The molecule has 1 aliphatic carbocycles. The molecule has 2 heterocycles. The fourth-order valence-corrected chi connectivity index (χ4v) is 5.96. The van der Waals surface area contributed by atoms with E-state index >= 15 is 0 Å². The van der Waals surface area contributed by atoms with E-state index in [-0.39, 0.29) is 18.0 Å². The van der Waals surface area contributed by atoms with Gasteiger partial charge >= 0.3 is 6.03 Å². The van der Waals surface area contributed by atoms with Gasteiger partial charge in [-0.05, 0) is 76.0 Å². The highest BCUT2D eigenvalue weighted by molar-refractivity contribution is 6.43. The molecule has 2 aromatic carbocycles. The summed E-state index contributed by atoms with van der Waals surface area (Å²) in [5.41, 5.74) is 8.43. The zero-order valence-electron chi connectivity index (χ0n) is 20.9. The average molecular weight is 543 g/mol. The van der Waals surface area contributed by atoms with Crippen LogP contribution < -0.4 is 11.1 Å². The van der Waals surface area contributed by atoms with Gasteiger partial charge in [0, 0.05) is 42.8 Å². The van der Waals surface area contributed by atoms with Gasteiger partial charge in [-0.25, -0.2) is 9.78 Å². The van der Waals surface area contributed by atoms with E-state index in [1.807, 2.05) is 35.2 Å². The Morgan fingerprint density at radius 1 is 1.03 bits per heavy atom. The highest BCUT2D eigenvalue weighted by atomic mass is 35.5. The maximum Gasteiger partial charge on any atom is 0.312 e. The van der Waals surface area contributed by atoms with Crippen molar-refractivity contribution in [3.63, 3.8) is 0 Å². The van der Waals surface area contributed by atoms with Crippen LogP contribution in [0.4, 0.5) is 4.79 Å². The van der Waals surface area contributed by atoms with Crippen LogP contribution in [-0.2, 0) is 0 Å². The van der Waals surface area contributed by atoms with Crippen molar-refractivity contribution in [1.29, 1.82) is 0 Å². The number of primary amides is 1. The number of hydrogen-bond donors (Lipinski definition) is 2. The van der Waals surface area contributed by atoms with Crippen LogP contribution in [0.1, 0.15) is 48.5 Å². The molecule has 0 bridgehead atoms. The number of amides is 3. The van der Waals surface area contributed by atoms with Gasteiger partial charge in [-0.1, -0.05) is 29.3 Å². The van der Waals surface area contributed by atoms with Gasteiger partial charge in [0.25, 0.3) is 5.91 Å². The minimum Gasteiger partial charge on any atom is -0.352 e. The molecule has 8 nitrogen and oxygen atoms in total. The number of rotatable bonds is 4. The monoisotopic (exact) mass is 542 g/mol. The summed E-state index contributed by atoms with van der Waals surface area (Å²) < 4.78 is 2.22. The first kappa shape index (κ1) is 25.8. The first-order chi connectivity index (χ1) is 17.8. The summed E-state index contributed by atoms with van der Waals surface area (Å²) in [6.45, 7) is 3.33. The van der Waals surface area contributed by atoms with Crippen LogP contribution in [0.5, 0.6) is 0 Å². The third-order valence-corrected chi connectivity index (χ3v) is 8.36. The molecule has 0 unspecified atom stereocenters. The molecule has 1 aliphatic heterocycles. The van der Waals surface area contributed by atoms with Crippen LogP contribution in [0.25, 0.3) is 22.4 Å². The third-order valence-electron chi connectivity index (χ3n) is 7.54. The normalized spacial score (nSPS) is 21.1. The number of imidazole rings is 1. The lowest BCUT2D eigenvalue weighted by molar-refractivity contribution is 0.0763. The molecule has 3 amide bonds. The minimum absolute atomic E-state index is 0.0344. The number of likely N-dealkylation sites (N-methyl/N-ethyl adjacent to an activating group) is 1. The number of fused-ring (bicyclic) bond motifs is 1. The molecule has 37 heavy (non-hydrogen) atoms. The van der Waals surface area contributed by atoms with Crippen LogP contribution in [0.3, 0.4) is 0 Å². The van der Waals surface area contributed by atoms with E-state index in [0.29, 0.717) is 22.2 Å². The van der Waals surface area contributed by atoms with Gasteiger partial charge in [0.05, 0.1) is 21.1 Å². The maximum absolute atomic E-state index is 13.4. The molecule has 10 heteroatoms. The number of hydrogen-bond acceptors (Lipinski definition) is 4. The number of aromatic nitrogens is 2. The highest BCUT2D eigenvalue weighted by Gasteiger charge is 2.28. The topological polar surface area (TPSA) is 96.5 Å². The summed E-state index contributed by atoms with van der Waals surface area (Å²) in [5, 5.41) is 3.76. The minimum atomic E-state index is -0.490. The van der Waals surface area contributed by atoms with Gasteiger partial charge in [0.1, 0.15) is 5.82 Å². The van der Waals surface area contributed by atoms with Crippen LogP contribution >= 0.6 is 23.2 Å². The van der Waals surface area contributed by atoms with E-state index in [1.54, 1.807) is 6.07 Å². The standard InChI is InChI=1S/C27H32Cl2N6O2/c1-33-12-3-13-34(15-14-33)26(36)17-6-11-23-22(16-17)32-25(20-4-2-5-21(28)24(20)29)35(23)19-9-7-18(8-10-19)31-27(30)37/h2,4-6,11,16,18-19H,3,7-10,12-15H2,1H3,(H3,30,31,37). The van der Waals surface area contributed by atoms with Crippen LogP contribution in [0, 0.1) is 0 Å². The predicted molar refractivity (Wildman–Crippen MR) is 147 cm³/mol. The number of nitrogens with two attached hydrogens (primary N) is 1. The zero-order valence-corrected chi connectivity index (χ0v) is 22.4. The van der Waals surface area contributed by atoms with E-state index in [4.69, 9.17) is 33.9 Å². The van der Waals surface area contributed by atoms with Gasteiger partial charge < -0.3 is 25.4 Å². The van der Waals surface area contributed by atoms with Crippen molar-refractivity contribution in [3.05, 3.63) is 52.0 Å². The molecule has 1 saturated carbocycles. The Morgan fingerprint density at radius 3 is 2.57 bits per heavy atom. The Labute approximate surface area is 226 Å². The van der Waals surface area contributed by atoms with E-state index in [0.717, 1.165) is 74.2 Å². The molecule has 196 valence electrons. The summed E-state index contributed by atoms with van der Waals surface area (Å²) in [4.78, 5) is 33.9. The molecule has 2 fully saturated rings. The van der Waals surface area contributed by atoms with Crippen LogP contribution in [0.15, 0.2) is 36.4 Å². The average Bonchev–Trinajstić information content (AvgIpc) is 3.11. The number of nitrogens with one attached hydrogen (secondary N) is 1. The zero-order chi connectivity index (χ0) is 26.1. The second kappa shape index (κ2) is 10.9. The van der Waals surface area contributed by atoms with Crippen molar-refractivity contribution < 1.29 is 9.59 Å². The SMILES string of the molecule is CN1CCCN(C(=O)c2ccc3c(c2)nc(-c2cccc(Cl)c2Cl)n3C2CCC(NC(N)=O)CC2)CC1. The molecule has 0 spiro atoms. The molecule has 0 radical (unpaired) electrons. The lowest BCUT2D eigenvalue weighted by Gasteiger charge is -2.31. The molecular weight excluding hydrogens is 511 g/mol. The maximum atomic E-state index is 13.4. The smallest absolute Gasteiger partial charge is 0.312 e. The third kappa shape index (κ3) is 5.42. The molecule has 5 rings (SSSR count). The molecule has 2 aliphatic rings. The van der Waals surface area contributed by atoms with Gasteiger partial charge in [-0.3, -0.25) is 4.79 Å². The largest absolute Gasteiger partial charge is 0.352 e. The number of carbonyl (C=O) groups is 2. The summed E-state index contributed by atoms with van der Waals surface area (Å²) >= 11 is 13.0. The quantitative estimate of drug-likeness (QED) is 0.487. The van der Waals surface area contributed by atoms with E-state index < -0.39 is 6.03 Å². The number of nitrogens with zero attached hydrogens (tertiary/aromatic N) is 4.